The highest BCUT2D eigenvalue weighted by Gasteiger charge is 2.20. The fourth-order valence-corrected chi connectivity index (χ4v) is 3.30. The maximum atomic E-state index is 6.03. The predicted molar refractivity (Wildman–Crippen MR) is 87.2 cm³/mol. The molecule has 3 aromatic rings. The van der Waals surface area contributed by atoms with Crippen LogP contribution in [0.15, 0.2) is 46.2 Å². The van der Waals surface area contributed by atoms with Gasteiger partial charge >= 0.3 is 0 Å². The highest BCUT2D eigenvalue weighted by Crippen LogP contribution is 2.33. The van der Waals surface area contributed by atoms with Crippen LogP contribution in [0.1, 0.15) is 30.0 Å². The number of methoxy groups -OCH3 is 1. The Kier molecular flexibility index (Phi) is 4.27. The number of furan rings is 1. The SMILES string of the molecule is CCCNC(c1cc2ccccc2o1)c1cc(OC)cs1. The molecule has 0 fully saturated rings. The first-order valence-corrected chi connectivity index (χ1v) is 8.04. The first kappa shape index (κ1) is 14.2. The van der Waals surface area contributed by atoms with E-state index in [1.807, 2.05) is 23.6 Å². The number of hydrogen-bond donors (Lipinski definition) is 1. The zero-order chi connectivity index (χ0) is 14.7. The summed E-state index contributed by atoms with van der Waals surface area (Å²) in [6, 6.07) is 12.4. The monoisotopic (exact) mass is 301 g/mol. The third-order valence-corrected chi connectivity index (χ3v) is 4.42. The molecule has 1 aromatic carbocycles. The minimum absolute atomic E-state index is 0.0752. The fraction of sp³-hybridized carbons (Fsp3) is 0.294. The maximum absolute atomic E-state index is 6.03. The van der Waals surface area contributed by atoms with Gasteiger partial charge < -0.3 is 14.5 Å². The first-order chi connectivity index (χ1) is 10.3. The van der Waals surface area contributed by atoms with E-state index in [2.05, 4.69) is 30.4 Å². The van der Waals surface area contributed by atoms with Crippen molar-refractivity contribution in [2.75, 3.05) is 13.7 Å². The van der Waals surface area contributed by atoms with E-state index >= 15 is 0 Å². The second kappa shape index (κ2) is 6.33. The van der Waals surface area contributed by atoms with Gasteiger partial charge in [0.1, 0.15) is 23.1 Å². The van der Waals surface area contributed by atoms with Gasteiger partial charge in [0.15, 0.2) is 0 Å². The van der Waals surface area contributed by atoms with Crippen LogP contribution in [0, 0.1) is 0 Å². The highest BCUT2D eigenvalue weighted by molar-refractivity contribution is 7.10. The van der Waals surface area contributed by atoms with E-state index in [-0.39, 0.29) is 6.04 Å². The molecule has 0 spiro atoms. The Morgan fingerprint density at radius 2 is 2.14 bits per heavy atom. The van der Waals surface area contributed by atoms with Crippen LogP contribution < -0.4 is 10.1 Å². The molecule has 110 valence electrons. The molecule has 0 aliphatic heterocycles. The smallest absolute Gasteiger partial charge is 0.134 e. The van der Waals surface area contributed by atoms with Crippen LogP contribution in [0.25, 0.3) is 11.0 Å². The standard InChI is InChI=1S/C17H19NO2S/c1-3-8-18-17(16-10-13(19-2)11-21-16)15-9-12-6-4-5-7-14(12)20-15/h4-7,9-11,17-18H,3,8H2,1-2H3. The average molecular weight is 301 g/mol. The molecular formula is C17H19NO2S. The predicted octanol–water partition coefficient (Wildman–Crippen LogP) is 4.59. The van der Waals surface area contributed by atoms with E-state index < -0.39 is 0 Å². The summed E-state index contributed by atoms with van der Waals surface area (Å²) < 4.78 is 11.3. The Balaban J connectivity index is 1.97. The molecule has 0 amide bonds. The van der Waals surface area contributed by atoms with Crippen LogP contribution in [0.5, 0.6) is 5.75 Å². The molecule has 2 heterocycles. The molecule has 0 radical (unpaired) electrons. The molecular weight excluding hydrogens is 282 g/mol. The first-order valence-electron chi connectivity index (χ1n) is 7.16. The van der Waals surface area contributed by atoms with E-state index in [4.69, 9.17) is 9.15 Å². The summed E-state index contributed by atoms with van der Waals surface area (Å²) in [6.45, 7) is 3.11. The number of ether oxygens (including phenoxy) is 1. The number of thiophene rings is 1. The third-order valence-electron chi connectivity index (χ3n) is 3.44. The Hall–Kier alpha value is -1.78. The van der Waals surface area contributed by atoms with Gasteiger partial charge in [-0.1, -0.05) is 25.1 Å². The van der Waals surface area contributed by atoms with Crippen LogP contribution in [0.4, 0.5) is 0 Å². The summed E-state index contributed by atoms with van der Waals surface area (Å²) in [5.74, 6) is 1.85. The van der Waals surface area contributed by atoms with Crippen LogP contribution >= 0.6 is 11.3 Å². The maximum Gasteiger partial charge on any atom is 0.134 e. The lowest BCUT2D eigenvalue weighted by Gasteiger charge is -2.14. The Bertz CT molecular complexity index is 683. The molecule has 0 aliphatic rings. The average Bonchev–Trinajstić information content (AvgIpc) is 3.14. The summed E-state index contributed by atoms with van der Waals surface area (Å²) in [5, 5.41) is 6.73. The topological polar surface area (TPSA) is 34.4 Å². The lowest BCUT2D eigenvalue weighted by Crippen LogP contribution is -2.21. The molecule has 0 saturated carbocycles. The zero-order valence-electron chi connectivity index (χ0n) is 12.3. The Morgan fingerprint density at radius 3 is 2.86 bits per heavy atom. The van der Waals surface area contributed by atoms with Gasteiger partial charge in [-0.15, -0.1) is 11.3 Å². The van der Waals surface area contributed by atoms with Gasteiger partial charge in [-0.2, -0.15) is 0 Å². The van der Waals surface area contributed by atoms with E-state index in [0.717, 1.165) is 35.4 Å². The summed E-state index contributed by atoms with van der Waals surface area (Å²) in [6.07, 6.45) is 1.08. The molecule has 0 aliphatic carbocycles. The van der Waals surface area contributed by atoms with Crippen molar-refractivity contribution in [3.05, 3.63) is 52.4 Å². The molecule has 21 heavy (non-hydrogen) atoms. The van der Waals surface area contributed by atoms with Crippen molar-refractivity contribution in [1.82, 2.24) is 5.32 Å². The van der Waals surface area contributed by atoms with Crippen LogP contribution in [0.2, 0.25) is 0 Å². The van der Waals surface area contributed by atoms with Gasteiger partial charge in [0, 0.05) is 15.6 Å². The summed E-state index contributed by atoms with van der Waals surface area (Å²) >= 11 is 1.69. The molecule has 3 nitrogen and oxygen atoms in total. The summed E-state index contributed by atoms with van der Waals surface area (Å²) in [5.41, 5.74) is 0.930. The molecule has 4 heteroatoms. The van der Waals surface area contributed by atoms with E-state index in [9.17, 15) is 0 Å². The van der Waals surface area contributed by atoms with Gasteiger partial charge in [0.05, 0.1) is 7.11 Å². The van der Waals surface area contributed by atoms with Crippen LogP contribution in [-0.2, 0) is 0 Å². The largest absolute Gasteiger partial charge is 0.496 e. The number of benzene rings is 1. The Morgan fingerprint density at radius 1 is 1.29 bits per heavy atom. The minimum atomic E-state index is 0.0752. The lowest BCUT2D eigenvalue weighted by atomic mass is 10.1. The van der Waals surface area contributed by atoms with Crippen LogP contribution in [-0.4, -0.2) is 13.7 Å². The quantitative estimate of drug-likeness (QED) is 0.723. The lowest BCUT2D eigenvalue weighted by molar-refractivity contribution is 0.415. The zero-order valence-corrected chi connectivity index (χ0v) is 13.1. The fourth-order valence-electron chi connectivity index (χ4n) is 2.37. The van der Waals surface area contributed by atoms with E-state index in [1.54, 1.807) is 18.4 Å². The molecule has 1 atom stereocenters. The number of fused-ring (bicyclic) bond motifs is 1. The van der Waals surface area contributed by atoms with Crippen molar-refractivity contribution in [2.45, 2.75) is 19.4 Å². The molecule has 2 aromatic heterocycles. The molecule has 1 unspecified atom stereocenters. The Labute approximate surface area is 128 Å². The second-order valence-corrected chi connectivity index (χ2v) is 5.91. The number of para-hydroxylation sites is 1. The number of rotatable bonds is 6. The van der Waals surface area contributed by atoms with Gasteiger partial charge in [-0.05, 0) is 31.2 Å². The van der Waals surface area contributed by atoms with Gasteiger partial charge in [-0.25, -0.2) is 0 Å². The highest BCUT2D eigenvalue weighted by atomic mass is 32.1. The van der Waals surface area contributed by atoms with Gasteiger partial charge in [0.2, 0.25) is 0 Å². The van der Waals surface area contributed by atoms with Gasteiger partial charge in [-0.3, -0.25) is 0 Å². The second-order valence-electron chi connectivity index (χ2n) is 4.96. The molecule has 3 rings (SSSR count). The van der Waals surface area contributed by atoms with Crippen LogP contribution in [0.3, 0.4) is 0 Å². The van der Waals surface area contributed by atoms with E-state index in [1.165, 1.54) is 4.88 Å². The molecule has 0 saturated heterocycles. The van der Waals surface area contributed by atoms with Crippen molar-refractivity contribution < 1.29 is 9.15 Å². The molecule has 1 N–H and O–H groups in total. The number of nitrogens with one attached hydrogen (secondary N) is 1. The van der Waals surface area contributed by atoms with Crippen molar-refractivity contribution in [2.24, 2.45) is 0 Å². The molecule has 0 bridgehead atoms. The van der Waals surface area contributed by atoms with Crippen molar-refractivity contribution in [3.8, 4) is 5.75 Å². The number of hydrogen-bond acceptors (Lipinski definition) is 4. The normalized spacial score (nSPS) is 12.7. The van der Waals surface area contributed by atoms with Gasteiger partial charge in [0.25, 0.3) is 0 Å². The van der Waals surface area contributed by atoms with Crippen molar-refractivity contribution >= 4 is 22.3 Å². The summed E-state index contributed by atoms with van der Waals surface area (Å²) in [4.78, 5) is 1.21. The van der Waals surface area contributed by atoms with E-state index in [0.29, 0.717) is 0 Å². The van der Waals surface area contributed by atoms with Crippen molar-refractivity contribution in [3.63, 3.8) is 0 Å². The van der Waals surface area contributed by atoms with Crippen molar-refractivity contribution in [1.29, 1.82) is 0 Å². The summed E-state index contributed by atoms with van der Waals surface area (Å²) in [7, 11) is 1.70. The minimum Gasteiger partial charge on any atom is -0.496 e. The third kappa shape index (κ3) is 2.96.